The van der Waals surface area contributed by atoms with Gasteiger partial charge in [-0.15, -0.1) is 6.58 Å². The molecule has 0 saturated carbocycles. The van der Waals surface area contributed by atoms with Crippen molar-refractivity contribution in [2.45, 2.75) is 25.2 Å². The Kier molecular flexibility index (Phi) is 6.09. The van der Waals surface area contributed by atoms with Crippen LogP contribution in [0.4, 0.5) is 4.39 Å². The Bertz CT molecular complexity index is 1070. The number of hydrogen-bond acceptors (Lipinski definition) is 2. The van der Waals surface area contributed by atoms with Crippen molar-refractivity contribution in [1.82, 2.24) is 9.80 Å². The van der Waals surface area contributed by atoms with Crippen LogP contribution in [0.15, 0.2) is 90.7 Å². The van der Waals surface area contributed by atoms with E-state index in [9.17, 15) is 4.39 Å². The summed E-state index contributed by atoms with van der Waals surface area (Å²) in [6.45, 7) is 9.34. The van der Waals surface area contributed by atoms with Gasteiger partial charge in [-0.05, 0) is 65.3 Å². The fourth-order valence-electron chi connectivity index (χ4n) is 5.30. The Hall–Kier alpha value is -2.91. The minimum atomic E-state index is -0.175. The SMILES string of the molecule is C=CCCN1CCN(C2=CCC3=C(C=C2)CC(c2ccc(F)cc2)c2ccccc23)CC1. The summed E-state index contributed by atoms with van der Waals surface area (Å²) in [6, 6.07) is 15.8. The highest BCUT2D eigenvalue weighted by Crippen LogP contribution is 2.45. The lowest BCUT2D eigenvalue weighted by Gasteiger charge is -2.36. The third-order valence-electron chi connectivity index (χ3n) is 7.10. The summed E-state index contributed by atoms with van der Waals surface area (Å²) in [5.41, 5.74) is 8.09. The predicted molar refractivity (Wildman–Crippen MR) is 131 cm³/mol. The molecule has 1 unspecified atom stereocenters. The van der Waals surface area contributed by atoms with Crippen molar-refractivity contribution in [2.75, 3.05) is 32.7 Å². The summed E-state index contributed by atoms with van der Waals surface area (Å²) in [4.78, 5) is 5.06. The van der Waals surface area contributed by atoms with Crippen molar-refractivity contribution in [2.24, 2.45) is 0 Å². The molecule has 0 aromatic heterocycles. The van der Waals surface area contributed by atoms with Crippen LogP contribution in [0.2, 0.25) is 0 Å². The molecule has 1 atom stereocenters. The molecule has 1 aliphatic heterocycles. The Morgan fingerprint density at radius 3 is 2.53 bits per heavy atom. The number of fused-ring (bicyclic) bond motifs is 2. The van der Waals surface area contributed by atoms with E-state index in [-0.39, 0.29) is 11.7 Å². The predicted octanol–water partition coefficient (Wildman–Crippen LogP) is 6.15. The number of halogens is 1. The van der Waals surface area contributed by atoms with Gasteiger partial charge in [0.1, 0.15) is 5.82 Å². The quantitative estimate of drug-likeness (QED) is 0.529. The highest BCUT2D eigenvalue weighted by atomic mass is 19.1. The van der Waals surface area contributed by atoms with Crippen LogP contribution in [0.5, 0.6) is 0 Å². The molecule has 0 bridgehead atoms. The molecular formula is C29H31FN2. The molecule has 164 valence electrons. The van der Waals surface area contributed by atoms with E-state index in [1.807, 2.05) is 18.2 Å². The fourth-order valence-corrected chi connectivity index (χ4v) is 5.30. The van der Waals surface area contributed by atoms with Crippen molar-refractivity contribution >= 4 is 5.57 Å². The highest BCUT2D eigenvalue weighted by molar-refractivity contribution is 5.78. The zero-order valence-corrected chi connectivity index (χ0v) is 18.6. The van der Waals surface area contributed by atoms with Gasteiger partial charge >= 0.3 is 0 Å². The minimum absolute atomic E-state index is 0.175. The van der Waals surface area contributed by atoms with Gasteiger partial charge in [0.05, 0.1) is 0 Å². The number of benzene rings is 2. The van der Waals surface area contributed by atoms with Gasteiger partial charge in [-0.3, -0.25) is 4.90 Å². The zero-order chi connectivity index (χ0) is 21.9. The van der Waals surface area contributed by atoms with E-state index in [4.69, 9.17) is 0 Å². The molecule has 2 nitrogen and oxygen atoms in total. The van der Waals surface area contributed by atoms with E-state index < -0.39 is 0 Å². The second-order valence-corrected chi connectivity index (χ2v) is 8.97. The van der Waals surface area contributed by atoms with Gasteiger partial charge in [0, 0.05) is 44.3 Å². The second kappa shape index (κ2) is 9.30. The van der Waals surface area contributed by atoms with Crippen LogP contribution in [0.1, 0.15) is 41.9 Å². The Morgan fingerprint density at radius 2 is 1.75 bits per heavy atom. The Balaban J connectivity index is 1.37. The average molecular weight is 427 g/mol. The van der Waals surface area contributed by atoms with Crippen LogP contribution in [-0.2, 0) is 0 Å². The second-order valence-electron chi connectivity index (χ2n) is 8.97. The molecule has 1 fully saturated rings. The van der Waals surface area contributed by atoms with Crippen LogP contribution in [-0.4, -0.2) is 42.5 Å². The van der Waals surface area contributed by atoms with E-state index in [1.54, 1.807) is 12.1 Å². The Morgan fingerprint density at radius 1 is 0.969 bits per heavy atom. The van der Waals surface area contributed by atoms with Gasteiger partial charge in [-0.2, -0.15) is 0 Å². The topological polar surface area (TPSA) is 6.48 Å². The van der Waals surface area contributed by atoms with Crippen molar-refractivity contribution in [3.05, 3.63) is 113 Å². The number of rotatable bonds is 5. The average Bonchev–Trinajstić information content (AvgIpc) is 3.06. The molecule has 3 aliphatic rings. The lowest BCUT2D eigenvalue weighted by atomic mass is 9.75. The van der Waals surface area contributed by atoms with E-state index in [0.29, 0.717) is 0 Å². The molecule has 2 aromatic carbocycles. The maximum atomic E-state index is 13.5. The third-order valence-corrected chi connectivity index (χ3v) is 7.10. The monoisotopic (exact) mass is 426 g/mol. The molecule has 1 saturated heterocycles. The lowest BCUT2D eigenvalue weighted by molar-refractivity contribution is 0.164. The molecule has 1 heterocycles. The standard InChI is InChI=1S/C29H31FN2/c1-2-3-16-31-17-19-32(20-18-31)25-13-10-23-21-29(22-8-11-24(30)12-9-22)28-7-5-4-6-27(28)26(23)15-14-25/h2,4-14,29H,1,3,15-21H2. The lowest BCUT2D eigenvalue weighted by Crippen LogP contribution is -2.45. The smallest absolute Gasteiger partial charge is 0.123 e. The first-order valence-corrected chi connectivity index (χ1v) is 11.8. The van der Waals surface area contributed by atoms with Gasteiger partial charge in [0.15, 0.2) is 0 Å². The van der Waals surface area contributed by atoms with Crippen LogP contribution < -0.4 is 0 Å². The molecule has 0 N–H and O–H groups in total. The fraction of sp³-hybridized carbons (Fsp3) is 0.310. The molecule has 0 spiro atoms. The molecule has 2 aliphatic carbocycles. The van der Waals surface area contributed by atoms with Crippen molar-refractivity contribution in [3.63, 3.8) is 0 Å². The van der Waals surface area contributed by atoms with Crippen LogP contribution in [0, 0.1) is 5.82 Å². The van der Waals surface area contributed by atoms with Gasteiger partial charge in [-0.25, -0.2) is 4.39 Å². The van der Waals surface area contributed by atoms with E-state index in [1.165, 1.54) is 33.5 Å². The van der Waals surface area contributed by atoms with Gasteiger partial charge in [-0.1, -0.05) is 54.6 Å². The van der Waals surface area contributed by atoms with Crippen molar-refractivity contribution < 1.29 is 4.39 Å². The van der Waals surface area contributed by atoms with Crippen molar-refractivity contribution in [1.29, 1.82) is 0 Å². The molecule has 2 aromatic rings. The maximum Gasteiger partial charge on any atom is 0.123 e. The minimum Gasteiger partial charge on any atom is -0.369 e. The van der Waals surface area contributed by atoms with E-state index in [0.717, 1.165) is 52.0 Å². The molecule has 0 amide bonds. The molecule has 0 radical (unpaired) electrons. The number of nitrogens with zero attached hydrogens (tertiary/aromatic N) is 2. The first kappa shape index (κ1) is 21.0. The molecule has 5 rings (SSSR count). The number of piperazine rings is 1. The normalized spacial score (nSPS) is 21.0. The summed E-state index contributed by atoms with van der Waals surface area (Å²) in [6.07, 6.45) is 12.1. The Labute approximate surface area is 191 Å². The first-order chi connectivity index (χ1) is 15.7. The van der Waals surface area contributed by atoms with Crippen molar-refractivity contribution in [3.8, 4) is 0 Å². The van der Waals surface area contributed by atoms with Crippen LogP contribution in [0.25, 0.3) is 5.57 Å². The first-order valence-electron chi connectivity index (χ1n) is 11.8. The van der Waals surface area contributed by atoms with Gasteiger partial charge < -0.3 is 4.90 Å². The van der Waals surface area contributed by atoms with Crippen LogP contribution in [0.3, 0.4) is 0 Å². The largest absolute Gasteiger partial charge is 0.369 e. The van der Waals surface area contributed by atoms with Gasteiger partial charge in [0.25, 0.3) is 0 Å². The van der Waals surface area contributed by atoms with E-state index >= 15 is 0 Å². The molecule has 32 heavy (non-hydrogen) atoms. The summed E-state index contributed by atoms with van der Waals surface area (Å²) >= 11 is 0. The molecular weight excluding hydrogens is 395 g/mol. The zero-order valence-electron chi connectivity index (χ0n) is 18.6. The third kappa shape index (κ3) is 4.22. The summed E-state index contributed by atoms with van der Waals surface area (Å²) in [5, 5.41) is 0. The van der Waals surface area contributed by atoms with E-state index in [2.05, 4.69) is 58.9 Å². The number of allylic oxidation sites excluding steroid dienone is 5. The van der Waals surface area contributed by atoms with Crippen LogP contribution >= 0.6 is 0 Å². The molecule has 3 heteroatoms. The summed E-state index contributed by atoms with van der Waals surface area (Å²) in [7, 11) is 0. The summed E-state index contributed by atoms with van der Waals surface area (Å²) < 4.78 is 13.5. The summed E-state index contributed by atoms with van der Waals surface area (Å²) in [5.74, 6) is 0.0932. The highest BCUT2D eigenvalue weighted by Gasteiger charge is 2.27. The maximum absolute atomic E-state index is 13.5. The van der Waals surface area contributed by atoms with Gasteiger partial charge in [0.2, 0.25) is 0 Å². The number of hydrogen-bond donors (Lipinski definition) is 0.